The summed E-state index contributed by atoms with van der Waals surface area (Å²) < 4.78 is 5.28. The van der Waals surface area contributed by atoms with E-state index in [1.165, 1.54) is 0 Å². The summed E-state index contributed by atoms with van der Waals surface area (Å²) in [6.07, 6.45) is -0.208. The molecule has 12 heavy (non-hydrogen) atoms. The van der Waals surface area contributed by atoms with Crippen molar-refractivity contribution in [1.29, 1.82) is 0 Å². The van der Waals surface area contributed by atoms with Crippen LogP contribution < -0.4 is 0 Å². The Kier molecular flexibility index (Phi) is 2.89. The highest BCUT2D eigenvalue weighted by atomic mass is 16.5. The van der Waals surface area contributed by atoms with E-state index in [1.807, 2.05) is 19.9 Å². The minimum atomic E-state index is -1.22. The first-order valence-corrected chi connectivity index (χ1v) is 4.01. The van der Waals surface area contributed by atoms with E-state index in [-0.39, 0.29) is 0 Å². The molecule has 3 heteroatoms. The zero-order valence-corrected chi connectivity index (χ0v) is 7.37. The van der Waals surface area contributed by atoms with Crippen LogP contribution in [0.5, 0.6) is 0 Å². The summed E-state index contributed by atoms with van der Waals surface area (Å²) in [7, 11) is 0. The van der Waals surface area contributed by atoms with Crippen molar-refractivity contribution >= 4 is 0 Å². The van der Waals surface area contributed by atoms with Crippen molar-refractivity contribution in [3.05, 3.63) is 23.2 Å². The molecule has 1 aromatic heterocycles. The second-order valence-corrected chi connectivity index (χ2v) is 2.96. The van der Waals surface area contributed by atoms with E-state index >= 15 is 0 Å². The van der Waals surface area contributed by atoms with E-state index in [9.17, 15) is 0 Å². The quantitative estimate of drug-likeness (QED) is 0.669. The lowest BCUT2D eigenvalue weighted by atomic mass is 10.1. The van der Waals surface area contributed by atoms with Gasteiger partial charge in [0.25, 0.3) is 0 Å². The van der Waals surface area contributed by atoms with Gasteiger partial charge in [0.2, 0.25) is 0 Å². The number of furan rings is 1. The molecule has 0 radical (unpaired) electrons. The molecule has 0 spiro atoms. The average Bonchev–Trinajstić information content (AvgIpc) is 2.26. The molecule has 1 rings (SSSR count). The molecule has 2 N–H and O–H groups in total. The first-order valence-electron chi connectivity index (χ1n) is 4.01. The Balaban J connectivity index is 2.57. The summed E-state index contributed by atoms with van der Waals surface area (Å²) in [4.78, 5) is 0. The molecule has 0 saturated carbocycles. The molecule has 0 aliphatic heterocycles. The van der Waals surface area contributed by atoms with Crippen molar-refractivity contribution in [2.75, 3.05) is 0 Å². The van der Waals surface area contributed by atoms with Gasteiger partial charge in [0.05, 0.1) is 0 Å². The average molecular weight is 170 g/mol. The third kappa shape index (κ3) is 2.36. The van der Waals surface area contributed by atoms with Crippen molar-refractivity contribution < 1.29 is 14.6 Å². The van der Waals surface area contributed by atoms with Crippen LogP contribution in [0.25, 0.3) is 0 Å². The predicted molar refractivity (Wildman–Crippen MR) is 44.7 cm³/mol. The van der Waals surface area contributed by atoms with Crippen molar-refractivity contribution in [1.82, 2.24) is 0 Å². The third-order valence-corrected chi connectivity index (χ3v) is 1.82. The van der Waals surface area contributed by atoms with Crippen LogP contribution in [-0.4, -0.2) is 16.5 Å². The topological polar surface area (TPSA) is 53.6 Å². The monoisotopic (exact) mass is 170 g/mol. The standard InChI is InChI=1S/C9H14O3/c1-6-5-8(7(2)12-6)3-4-9(10)11/h5,9-11H,3-4H2,1-2H3. The normalized spacial score (nSPS) is 11.1. The van der Waals surface area contributed by atoms with Crippen molar-refractivity contribution in [3.8, 4) is 0 Å². The fraction of sp³-hybridized carbons (Fsp3) is 0.556. The first-order chi connectivity index (χ1) is 5.59. The van der Waals surface area contributed by atoms with Crippen molar-refractivity contribution in [2.45, 2.75) is 33.0 Å². The van der Waals surface area contributed by atoms with Crippen LogP contribution >= 0.6 is 0 Å². The Morgan fingerprint density at radius 3 is 2.50 bits per heavy atom. The second kappa shape index (κ2) is 3.74. The molecular formula is C9H14O3. The largest absolute Gasteiger partial charge is 0.466 e. The molecule has 0 aliphatic rings. The first kappa shape index (κ1) is 9.29. The van der Waals surface area contributed by atoms with Crippen LogP contribution in [0.15, 0.2) is 10.5 Å². The Morgan fingerprint density at radius 1 is 1.42 bits per heavy atom. The van der Waals surface area contributed by atoms with Gasteiger partial charge in [0, 0.05) is 6.42 Å². The summed E-state index contributed by atoms with van der Waals surface area (Å²) in [6, 6.07) is 1.93. The highest BCUT2D eigenvalue weighted by Crippen LogP contribution is 2.15. The van der Waals surface area contributed by atoms with Crippen LogP contribution in [0.2, 0.25) is 0 Å². The van der Waals surface area contributed by atoms with E-state index in [4.69, 9.17) is 14.6 Å². The Bertz CT molecular complexity index is 250. The molecule has 1 heterocycles. The Hall–Kier alpha value is -0.800. The third-order valence-electron chi connectivity index (χ3n) is 1.82. The number of rotatable bonds is 3. The van der Waals surface area contributed by atoms with Gasteiger partial charge < -0.3 is 14.6 Å². The van der Waals surface area contributed by atoms with Gasteiger partial charge in [-0.3, -0.25) is 0 Å². The molecule has 0 saturated heterocycles. The maximum absolute atomic E-state index is 8.64. The molecule has 0 atom stereocenters. The summed E-state index contributed by atoms with van der Waals surface area (Å²) in [5.41, 5.74) is 1.06. The van der Waals surface area contributed by atoms with Gasteiger partial charge in [-0.25, -0.2) is 0 Å². The summed E-state index contributed by atoms with van der Waals surface area (Å²) in [6.45, 7) is 3.76. The van der Waals surface area contributed by atoms with Crippen LogP contribution in [0, 0.1) is 13.8 Å². The smallest absolute Gasteiger partial charge is 0.151 e. The molecule has 0 fully saturated rings. The van der Waals surface area contributed by atoms with E-state index < -0.39 is 6.29 Å². The van der Waals surface area contributed by atoms with Crippen LogP contribution in [-0.2, 0) is 6.42 Å². The summed E-state index contributed by atoms with van der Waals surface area (Å²) in [5.74, 6) is 1.74. The fourth-order valence-electron chi connectivity index (χ4n) is 1.22. The molecular weight excluding hydrogens is 156 g/mol. The van der Waals surface area contributed by atoms with Crippen LogP contribution in [0.3, 0.4) is 0 Å². The SMILES string of the molecule is Cc1cc(CCC(O)O)c(C)o1. The molecule has 0 unspecified atom stereocenters. The number of aliphatic hydroxyl groups excluding tert-OH is 1. The highest BCUT2D eigenvalue weighted by Gasteiger charge is 2.05. The Morgan fingerprint density at radius 2 is 2.08 bits per heavy atom. The van der Waals surface area contributed by atoms with E-state index in [0.29, 0.717) is 12.8 Å². The minimum Gasteiger partial charge on any atom is -0.466 e. The minimum absolute atomic E-state index is 0.361. The van der Waals surface area contributed by atoms with Gasteiger partial charge in [-0.15, -0.1) is 0 Å². The van der Waals surface area contributed by atoms with Crippen molar-refractivity contribution in [2.24, 2.45) is 0 Å². The van der Waals surface area contributed by atoms with Crippen molar-refractivity contribution in [3.63, 3.8) is 0 Å². The highest BCUT2D eigenvalue weighted by molar-refractivity contribution is 5.20. The molecule has 68 valence electrons. The van der Waals surface area contributed by atoms with E-state index in [0.717, 1.165) is 17.1 Å². The summed E-state index contributed by atoms with van der Waals surface area (Å²) >= 11 is 0. The lowest BCUT2D eigenvalue weighted by molar-refractivity contribution is -0.0447. The lowest BCUT2D eigenvalue weighted by Crippen LogP contribution is -2.05. The molecule has 0 aliphatic carbocycles. The predicted octanol–water partition coefficient (Wildman–Crippen LogP) is 1.14. The molecule has 1 aromatic rings. The molecule has 3 nitrogen and oxygen atoms in total. The van der Waals surface area contributed by atoms with Crippen LogP contribution in [0.1, 0.15) is 23.5 Å². The van der Waals surface area contributed by atoms with E-state index in [1.54, 1.807) is 0 Å². The van der Waals surface area contributed by atoms with Gasteiger partial charge in [-0.2, -0.15) is 0 Å². The molecule has 0 amide bonds. The van der Waals surface area contributed by atoms with Gasteiger partial charge in [0.15, 0.2) is 6.29 Å². The number of aryl methyl sites for hydroxylation is 3. The van der Waals surface area contributed by atoms with Crippen LogP contribution in [0.4, 0.5) is 0 Å². The van der Waals surface area contributed by atoms with Gasteiger partial charge in [-0.1, -0.05) is 0 Å². The second-order valence-electron chi connectivity index (χ2n) is 2.96. The maximum Gasteiger partial charge on any atom is 0.151 e. The Labute approximate surface area is 71.6 Å². The number of hydrogen-bond acceptors (Lipinski definition) is 3. The fourth-order valence-corrected chi connectivity index (χ4v) is 1.22. The number of hydrogen-bond donors (Lipinski definition) is 2. The zero-order chi connectivity index (χ0) is 9.14. The lowest BCUT2D eigenvalue weighted by Gasteiger charge is -2.00. The maximum atomic E-state index is 8.64. The zero-order valence-electron chi connectivity index (χ0n) is 7.37. The van der Waals surface area contributed by atoms with Gasteiger partial charge in [0.1, 0.15) is 11.5 Å². The van der Waals surface area contributed by atoms with Gasteiger partial charge >= 0.3 is 0 Å². The summed E-state index contributed by atoms with van der Waals surface area (Å²) in [5, 5.41) is 17.3. The van der Waals surface area contributed by atoms with E-state index in [2.05, 4.69) is 0 Å². The molecule has 0 aromatic carbocycles. The van der Waals surface area contributed by atoms with Gasteiger partial charge in [-0.05, 0) is 31.9 Å². The molecule has 0 bridgehead atoms. The number of aliphatic hydroxyl groups is 2.